The van der Waals surface area contributed by atoms with Crippen molar-refractivity contribution >= 4 is 23.8 Å². The zero-order valence-corrected chi connectivity index (χ0v) is 13.7. The molecule has 2 rings (SSSR count). The second kappa shape index (κ2) is 7.38. The van der Waals surface area contributed by atoms with Crippen molar-refractivity contribution in [3.8, 4) is 0 Å². The first kappa shape index (κ1) is 16.5. The Morgan fingerprint density at radius 1 is 1.29 bits per heavy atom. The minimum atomic E-state index is -0.717. The molecule has 0 radical (unpaired) electrons. The second-order valence-corrected chi connectivity index (χ2v) is 7.67. The van der Waals surface area contributed by atoms with Gasteiger partial charge in [-0.25, -0.2) is 4.79 Å². The number of amides is 2. The summed E-state index contributed by atoms with van der Waals surface area (Å²) in [5.74, 6) is 0.0322. The molecule has 0 bridgehead atoms. The third kappa shape index (κ3) is 4.05. The van der Waals surface area contributed by atoms with Crippen LogP contribution in [0.5, 0.6) is 0 Å². The van der Waals surface area contributed by atoms with Crippen molar-refractivity contribution in [1.29, 1.82) is 0 Å². The topological polar surface area (TPSA) is 69.6 Å². The van der Waals surface area contributed by atoms with Gasteiger partial charge in [0.25, 0.3) is 0 Å². The van der Waals surface area contributed by atoms with Gasteiger partial charge in [-0.3, -0.25) is 4.79 Å². The molecule has 0 spiro atoms. The summed E-state index contributed by atoms with van der Waals surface area (Å²) in [4.78, 5) is 25.5. The Labute approximate surface area is 130 Å². The van der Waals surface area contributed by atoms with E-state index in [1.807, 2.05) is 16.7 Å². The van der Waals surface area contributed by atoms with Gasteiger partial charge in [-0.2, -0.15) is 11.8 Å². The van der Waals surface area contributed by atoms with E-state index in [0.29, 0.717) is 11.8 Å². The van der Waals surface area contributed by atoms with E-state index in [-0.39, 0.29) is 23.9 Å². The van der Waals surface area contributed by atoms with Gasteiger partial charge in [0, 0.05) is 30.1 Å². The lowest BCUT2D eigenvalue weighted by atomic mass is 9.79. The van der Waals surface area contributed by atoms with Crippen LogP contribution in [-0.4, -0.2) is 52.1 Å². The van der Waals surface area contributed by atoms with E-state index in [9.17, 15) is 14.7 Å². The molecular weight excluding hydrogens is 288 g/mol. The second-order valence-electron chi connectivity index (χ2n) is 6.19. The van der Waals surface area contributed by atoms with Crippen molar-refractivity contribution in [3.63, 3.8) is 0 Å². The number of hydrogen-bond donors (Lipinski definition) is 2. The molecule has 2 N–H and O–H groups in total. The van der Waals surface area contributed by atoms with Crippen LogP contribution in [0.4, 0.5) is 4.79 Å². The Balaban J connectivity index is 1.86. The molecule has 4 atom stereocenters. The van der Waals surface area contributed by atoms with Gasteiger partial charge in [0.05, 0.1) is 5.92 Å². The zero-order valence-electron chi connectivity index (χ0n) is 12.9. The fourth-order valence-corrected chi connectivity index (χ4v) is 4.42. The molecule has 1 saturated heterocycles. The number of aliphatic carboxylic acids is 1. The summed E-state index contributed by atoms with van der Waals surface area (Å²) >= 11 is 1.90. The molecule has 1 saturated carbocycles. The van der Waals surface area contributed by atoms with Gasteiger partial charge >= 0.3 is 12.0 Å². The maximum absolute atomic E-state index is 12.3. The third-order valence-electron chi connectivity index (χ3n) is 4.89. The highest BCUT2D eigenvalue weighted by atomic mass is 32.2. The lowest BCUT2D eigenvalue weighted by Crippen LogP contribution is -2.53. The van der Waals surface area contributed by atoms with Gasteiger partial charge < -0.3 is 15.3 Å². The first-order chi connectivity index (χ1) is 10.0. The van der Waals surface area contributed by atoms with Gasteiger partial charge in [-0.1, -0.05) is 19.8 Å². The fraction of sp³-hybridized carbons (Fsp3) is 0.867. The molecule has 2 fully saturated rings. The van der Waals surface area contributed by atoms with E-state index in [4.69, 9.17) is 0 Å². The van der Waals surface area contributed by atoms with Crippen molar-refractivity contribution in [1.82, 2.24) is 10.2 Å². The van der Waals surface area contributed by atoms with Crippen LogP contribution in [0.25, 0.3) is 0 Å². The Hall–Kier alpha value is -0.910. The summed E-state index contributed by atoms with van der Waals surface area (Å²) in [6, 6.07) is 0.190. The fourth-order valence-electron chi connectivity index (χ4n) is 3.32. The molecule has 1 heterocycles. The summed E-state index contributed by atoms with van der Waals surface area (Å²) in [5.41, 5.74) is 0. The number of nitrogens with zero attached hydrogens (tertiary/aromatic N) is 1. The maximum atomic E-state index is 12.3. The van der Waals surface area contributed by atoms with Crippen molar-refractivity contribution < 1.29 is 14.7 Å². The molecule has 1 aliphatic carbocycles. The number of hydrogen-bond acceptors (Lipinski definition) is 3. The molecule has 2 amide bonds. The van der Waals surface area contributed by atoms with E-state index in [0.717, 1.165) is 38.0 Å². The van der Waals surface area contributed by atoms with Crippen LogP contribution in [-0.2, 0) is 4.79 Å². The first-order valence-corrected chi connectivity index (χ1v) is 8.94. The molecule has 0 aromatic carbocycles. The number of urea groups is 1. The van der Waals surface area contributed by atoms with Gasteiger partial charge in [0.2, 0.25) is 0 Å². The zero-order chi connectivity index (χ0) is 15.4. The predicted octanol–water partition coefficient (Wildman–Crippen LogP) is 2.41. The van der Waals surface area contributed by atoms with Crippen LogP contribution in [0.15, 0.2) is 0 Å². The summed E-state index contributed by atoms with van der Waals surface area (Å²) < 4.78 is 0. The highest BCUT2D eigenvalue weighted by Crippen LogP contribution is 2.30. The van der Waals surface area contributed by atoms with Gasteiger partial charge in [0.15, 0.2) is 0 Å². The summed E-state index contributed by atoms with van der Waals surface area (Å²) in [6.07, 6.45) is 3.69. The van der Waals surface area contributed by atoms with Crippen LogP contribution in [0.2, 0.25) is 0 Å². The van der Waals surface area contributed by atoms with E-state index in [1.54, 1.807) is 0 Å². The molecule has 1 aliphatic heterocycles. The Morgan fingerprint density at radius 3 is 2.71 bits per heavy atom. The molecule has 6 heteroatoms. The molecule has 5 nitrogen and oxygen atoms in total. The normalized spacial score (nSPS) is 33.5. The minimum absolute atomic E-state index is 0.0376. The number of carboxylic acids is 1. The molecule has 4 unspecified atom stereocenters. The van der Waals surface area contributed by atoms with Crippen molar-refractivity contribution in [2.75, 3.05) is 18.8 Å². The van der Waals surface area contributed by atoms with Crippen molar-refractivity contribution in [2.45, 2.75) is 50.8 Å². The smallest absolute Gasteiger partial charge is 0.317 e. The number of carboxylic acid groups (broad SMARTS) is 1. The molecule has 0 aromatic rings. The molecular formula is C15H26N2O3S. The quantitative estimate of drug-likeness (QED) is 0.839. The van der Waals surface area contributed by atoms with E-state index >= 15 is 0 Å². The van der Waals surface area contributed by atoms with Crippen LogP contribution in [0.3, 0.4) is 0 Å². The van der Waals surface area contributed by atoms with Crippen LogP contribution in [0.1, 0.15) is 39.5 Å². The number of thioether (sulfide) groups is 1. The number of rotatable bonds is 3. The predicted molar refractivity (Wildman–Crippen MR) is 84.6 cm³/mol. The van der Waals surface area contributed by atoms with Crippen molar-refractivity contribution in [2.24, 2.45) is 11.8 Å². The van der Waals surface area contributed by atoms with Crippen molar-refractivity contribution in [3.05, 3.63) is 0 Å². The van der Waals surface area contributed by atoms with E-state index < -0.39 is 5.97 Å². The average Bonchev–Trinajstić information content (AvgIpc) is 2.47. The third-order valence-corrected chi connectivity index (χ3v) is 6.22. The molecule has 0 aromatic heterocycles. The highest BCUT2D eigenvalue weighted by molar-refractivity contribution is 8.00. The lowest BCUT2D eigenvalue weighted by Gasteiger charge is -2.38. The summed E-state index contributed by atoms with van der Waals surface area (Å²) in [6.45, 7) is 5.49. The largest absolute Gasteiger partial charge is 0.481 e. The Morgan fingerprint density at radius 2 is 2.00 bits per heavy atom. The first-order valence-electron chi connectivity index (χ1n) is 7.89. The molecule has 120 valence electrons. The van der Waals surface area contributed by atoms with Gasteiger partial charge in [-0.15, -0.1) is 0 Å². The monoisotopic (exact) mass is 314 g/mol. The van der Waals surface area contributed by atoms with Gasteiger partial charge in [-0.05, 0) is 25.7 Å². The maximum Gasteiger partial charge on any atom is 0.317 e. The van der Waals surface area contributed by atoms with Crippen LogP contribution in [0, 0.1) is 11.8 Å². The standard InChI is InChI=1S/C15H26N2O3S/c1-10-11(2)21-8-7-17(10)15(20)16-9-12-5-3-4-6-13(12)14(18)19/h10-13H,3-9H2,1-2H3,(H,16,20)(H,18,19). The summed E-state index contributed by atoms with van der Waals surface area (Å²) in [5, 5.41) is 12.7. The Kier molecular flexibility index (Phi) is 5.79. The van der Waals surface area contributed by atoms with Crippen LogP contribution < -0.4 is 5.32 Å². The average molecular weight is 314 g/mol. The van der Waals surface area contributed by atoms with E-state index in [1.165, 1.54) is 0 Å². The molecule has 21 heavy (non-hydrogen) atoms. The number of carbonyl (C=O) groups is 2. The number of nitrogens with one attached hydrogen (secondary N) is 1. The highest BCUT2D eigenvalue weighted by Gasteiger charge is 2.33. The SMILES string of the molecule is CC1SCCN(C(=O)NCC2CCCCC2C(=O)O)C1C. The summed E-state index contributed by atoms with van der Waals surface area (Å²) in [7, 11) is 0. The van der Waals surface area contributed by atoms with E-state index in [2.05, 4.69) is 19.2 Å². The Bertz CT molecular complexity index is 391. The van der Waals surface area contributed by atoms with Gasteiger partial charge in [0.1, 0.15) is 0 Å². The van der Waals surface area contributed by atoms with Crippen LogP contribution >= 0.6 is 11.8 Å². The molecule has 2 aliphatic rings. The lowest BCUT2D eigenvalue weighted by molar-refractivity contribution is -0.144. The minimum Gasteiger partial charge on any atom is -0.481 e. The number of carbonyl (C=O) groups excluding carboxylic acids is 1.